The zero-order valence-corrected chi connectivity index (χ0v) is 27.2. The Morgan fingerprint density at radius 3 is 2.35 bits per heavy atom. The lowest BCUT2D eigenvalue weighted by Crippen LogP contribution is -2.71. The number of esters is 1. The zero-order valence-electron chi connectivity index (χ0n) is 24.8. The molecule has 17 heteroatoms. The van der Waals surface area contributed by atoms with E-state index < -0.39 is 47.4 Å². The summed E-state index contributed by atoms with van der Waals surface area (Å²) in [4.78, 5) is 62.3. The quantitative estimate of drug-likeness (QED) is 0.0950. The molecule has 2 aliphatic rings. The number of hydrogen-bond donors (Lipinski definition) is 2. The molecule has 3 aromatic rings. The lowest BCUT2D eigenvalue weighted by Gasteiger charge is -2.49. The van der Waals surface area contributed by atoms with E-state index >= 15 is 0 Å². The predicted molar refractivity (Wildman–Crippen MR) is 173 cm³/mol. The van der Waals surface area contributed by atoms with Crippen LogP contribution in [0.15, 0.2) is 94.6 Å². The Morgan fingerprint density at radius 1 is 1.12 bits per heavy atom. The number of allylic oxidation sites excluding steroid dienone is 2. The SMILES string of the molecule is CON=C(C(=O)NC1C(=O)N2C(C(=O)OC(c3ccccc3)c3ccccc3)=C(C=CC(F)(F)F)CS[C@@H]12)c1csc(NC(=O)CCl)n1. The van der Waals surface area contributed by atoms with Gasteiger partial charge in [-0.1, -0.05) is 71.9 Å². The van der Waals surface area contributed by atoms with Crippen LogP contribution in [0, 0.1) is 0 Å². The summed E-state index contributed by atoms with van der Waals surface area (Å²) in [5.74, 6) is -3.58. The highest BCUT2D eigenvalue weighted by molar-refractivity contribution is 8.00. The fourth-order valence-electron chi connectivity index (χ4n) is 4.80. The highest BCUT2D eigenvalue weighted by Crippen LogP contribution is 2.42. The average molecular weight is 720 g/mol. The third-order valence-electron chi connectivity index (χ3n) is 6.89. The number of nitrogens with one attached hydrogen (secondary N) is 2. The van der Waals surface area contributed by atoms with E-state index in [0.717, 1.165) is 34.1 Å². The first-order valence-electron chi connectivity index (χ1n) is 14.0. The van der Waals surface area contributed by atoms with Crippen molar-refractivity contribution >= 4 is 69.2 Å². The number of rotatable bonds is 11. The van der Waals surface area contributed by atoms with Crippen LogP contribution >= 0.6 is 34.7 Å². The van der Waals surface area contributed by atoms with E-state index in [0.29, 0.717) is 11.1 Å². The van der Waals surface area contributed by atoms with E-state index in [9.17, 15) is 32.3 Å². The van der Waals surface area contributed by atoms with Gasteiger partial charge in [-0.15, -0.1) is 34.7 Å². The number of halogens is 4. The summed E-state index contributed by atoms with van der Waals surface area (Å²) >= 11 is 7.56. The van der Waals surface area contributed by atoms with Gasteiger partial charge in [-0.2, -0.15) is 13.2 Å². The van der Waals surface area contributed by atoms with Crippen LogP contribution in [-0.4, -0.2) is 75.6 Å². The van der Waals surface area contributed by atoms with Gasteiger partial charge < -0.3 is 20.2 Å². The Bertz CT molecular complexity index is 1750. The number of thiazole rings is 1. The molecule has 2 aromatic carbocycles. The third-order valence-corrected chi connectivity index (χ3v) is 9.20. The van der Waals surface area contributed by atoms with E-state index in [1.807, 2.05) is 0 Å². The van der Waals surface area contributed by atoms with E-state index in [-0.39, 0.29) is 45.5 Å². The number of fused-ring (bicyclic) bond motifs is 1. The first-order chi connectivity index (χ1) is 23.0. The molecule has 0 radical (unpaired) electrons. The highest BCUT2D eigenvalue weighted by Gasteiger charge is 2.55. The minimum Gasteiger partial charge on any atom is -0.448 e. The first kappa shape index (κ1) is 34.7. The van der Waals surface area contributed by atoms with Gasteiger partial charge in [-0.3, -0.25) is 19.3 Å². The van der Waals surface area contributed by atoms with Crippen molar-refractivity contribution in [3.8, 4) is 0 Å². The lowest BCUT2D eigenvalue weighted by atomic mass is 10.0. The maximum Gasteiger partial charge on any atom is 0.409 e. The molecule has 250 valence electrons. The van der Waals surface area contributed by atoms with Crippen molar-refractivity contribution in [3.05, 3.63) is 106 Å². The van der Waals surface area contributed by atoms with Crippen LogP contribution in [0.25, 0.3) is 0 Å². The van der Waals surface area contributed by atoms with Gasteiger partial charge in [0.1, 0.15) is 35.8 Å². The average Bonchev–Trinajstić information content (AvgIpc) is 3.54. The molecule has 1 fully saturated rings. The maximum absolute atomic E-state index is 13.9. The molecule has 0 bridgehead atoms. The summed E-state index contributed by atoms with van der Waals surface area (Å²) in [7, 11) is 1.19. The largest absolute Gasteiger partial charge is 0.448 e. The number of thioether (sulfide) groups is 1. The van der Waals surface area contributed by atoms with Crippen molar-refractivity contribution < 1.29 is 41.9 Å². The molecule has 3 heterocycles. The molecule has 48 heavy (non-hydrogen) atoms. The number of benzene rings is 2. The number of carbonyl (C=O) groups is 4. The maximum atomic E-state index is 13.9. The molecule has 0 saturated carbocycles. The third kappa shape index (κ3) is 7.89. The number of anilines is 1. The number of nitrogens with zero attached hydrogens (tertiary/aromatic N) is 3. The molecule has 1 saturated heterocycles. The first-order valence-corrected chi connectivity index (χ1v) is 16.5. The van der Waals surface area contributed by atoms with E-state index in [1.165, 1.54) is 12.5 Å². The molecular weight excluding hydrogens is 695 g/mol. The summed E-state index contributed by atoms with van der Waals surface area (Å²) in [6, 6.07) is 16.3. The summed E-state index contributed by atoms with van der Waals surface area (Å²) in [6.45, 7) is 0. The summed E-state index contributed by atoms with van der Waals surface area (Å²) < 4.78 is 45.6. The Labute approximate surface area is 284 Å². The number of β-lactam (4-membered cyclic amide) rings is 1. The van der Waals surface area contributed by atoms with Crippen molar-refractivity contribution in [2.75, 3.05) is 24.1 Å². The Morgan fingerprint density at radius 2 is 1.77 bits per heavy atom. The van der Waals surface area contributed by atoms with Gasteiger partial charge in [0.15, 0.2) is 16.9 Å². The monoisotopic (exact) mass is 719 g/mol. The number of ether oxygens (including phenoxy) is 1. The zero-order chi connectivity index (χ0) is 34.4. The van der Waals surface area contributed by atoms with Crippen LogP contribution in [0.3, 0.4) is 0 Å². The molecule has 1 unspecified atom stereocenters. The van der Waals surface area contributed by atoms with E-state index in [1.54, 1.807) is 60.7 Å². The van der Waals surface area contributed by atoms with E-state index in [4.69, 9.17) is 21.2 Å². The smallest absolute Gasteiger partial charge is 0.409 e. The number of aromatic nitrogens is 1. The summed E-state index contributed by atoms with van der Waals surface area (Å²) in [5.41, 5.74) is 0.475. The molecule has 3 amide bonds. The Kier molecular flexibility index (Phi) is 10.9. The second-order valence-electron chi connectivity index (χ2n) is 10.1. The molecule has 1 aromatic heterocycles. The van der Waals surface area contributed by atoms with Gasteiger partial charge in [-0.05, 0) is 16.7 Å². The molecule has 0 spiro atoms. The molecule has 2 atom stereocenters. The van der Waals surface area contributed by atoms with E-state index in [2.05, 4.69) is 20.8 Å². The van der Waals surface area contributed by atoms with Crippen LogP contribution in [0.4, 0.5) is 18.3 Å². The minimum absolute atomic E-state index is 0.0168. The number of carbonyl (C=O) groups excluding carboxylic acids is 4. The Balaban J connectivity index is 1.41. The second-order valence-corrected chi connectivity index (χ2v) is 12.3. The Hall–Kier alpha value is -4.67. The molecule has 2 aliphatic heterocycles. The fraction of sp³-hybridized carbons (Fsp3) is 0.226. The van der Waals surface area contributed by atoms with Crippen molar-refractivity contribution in [2.24, 2.45) is 5.16 Å². The highest BCUT2D eigenvalue weighted by atomic mass is 35.5. The standard InChI is InChI=1S/C31H25ClF3N5O6S2/c1-45-39-22(20-16-48-30(36-20)37-21(41)14-32)26(42)38-23-27(43)40-24(19(15-47-28(23)40)12-13-31(33,34)35)29(44)46-25(17-8-4-2-5-9-17)18-10-6-3-7-11-18/h2-13,16,23,25,28H,14-15H2,1H3,(H,38,42)(H,36,37,41)/t23?,28-/m0/s1. The molecule has 11 nitrogen and oxygen atoms in total. The second kappa shape index (κ2) is 15.0. The van der Waals surface area contributed by atoms with Crippen LogP contribution in [0.2, 0.25) is 0 Å². The van der Waals surface area contributed by atoms with Gasteiger partial charge in [0.05, 0.1) is 0 Å². The summed E-state index contributed by atoms with van der Waals surface area (Å²) in [5, 5.41) is 9.42. The number of hydrogen-bond acceptors (Lipinski definition) is 10. The van der Waals surface area contributed by atoms with Crippen molar-refractivity contribution in [2.45, 2.75) is 23.7 Å². The molecule has 0 aliphatic carbocycles. The van der Waals surface area contributed by atoms with Gasteiger partial charge in [0, 0.05) is 17.2 Å². The minimum atomic E-state index is -4.69. The molecular formula is C31H25ClF3N5O6S2. The van der Waals surface area contributed by atoms with Gasteiger partial charge in [-0.25, -0.2) is 9.78 Å². The normalized spacial score (nSPS) is 18.0. The van der Waals surface area contributed by atoms with Crippen molar-refractivity contribution in [3.63, 3.8) is 0 Å². The summed E-state index contributed by atoms with van der Waals surface area (Å²) in [6.07, 6.45) is -4.90. The van der Waals surface area contributed by atoms with Gasteiger partial charge in [0.25, 0.3) is 11.8 Å². The fourth-order valence-corrected chi connectivity index (χ4v) is 6.90. The predicted octanol–water partition coefficient (Wildman–Crippen LogP) is 4.78. The lowest BCUT2D eigenvalue weighted by molar-refractivity contribution is -0.154. The van der Waals surface area contributed by atoms with Crippen LogP contribution in [-0.2, 0) is 28.8 Å². The number of alkyl halides is 4. The molecule has 5 rings (SSSR count). The topological polar surface area (TPSA) is 139 Å². The van der Waals surface area contributed by atoms with Gasteiger partial charge in [0.2, 0.25) is 5.91 Å². The van der Waals surface area contributed by atoms with Gasteiger partial charge >= 0.3 is 12.1 Å². The number of amides is 3. The van der Waals surface area contributed by atoms with Crippen molar-refractivity contribution in [1.29, 1.82) is 0 Å². The van der Waals surface area contributed by atoms with Crippen LogP contribution in [0.1, 0.15) is 22.9 Å². The van der Waals surface area contributed by atoms with Crippen LogP contribution < -0.4 is 10.6 Å². The van der Waals surface area contributed by atoms with Crippen LogP contribution in [0.5, 0.6) is 0 Å². The number of oxime groups is 1. The van der Waals surface area contributed by atoms with Crippen molar-refractivity contribution in [1.82, 2.24) is 15.2 Å². The molecule has 2 N–H and O–H groups in total.